The summed E-state index contributed by atoms with van der Waals surface area (Å²) in [5.41, 5.74) is 6.29. The van der Waals surface area contributed by atoms with Crippen LogP contribution in [-0.4, -0.2) is 75.3 Å². The van der Waals surface area contributed by atoms with Crippen molar-refractivity contribution in [3.05, 3.63) is 23.8 Å². The second-order valence-electron chi connectivity index (χ2n) is 6.91. The smallest absolute Gasteiger partial charge is 0.323 e. The van der Waals surface area contributed by atoms with Gasteiger partial charge in [0, 0.05) is 25.2 Å². The molecule has 1 heterocycles. The number of nitrogens with one attached hydrogen (secondary N) is 2. The Hall–Kier alpha value is -2.89. The van der Waals surface area contributed by atoms with Gasteiger partial charge in [0.05, 0.1) is 47.3 Å². The average Bonchev–Trinajstić information content (AvgIpc) is 2.84. The minimum atomic E-state index is 0.261. The molecule has 2 rings (SSSR count). The molecule has 0 saturated carbocycles. The minimum Gasteiger partial charge on any atom is -0.493 e. The van der Waals surface area contributed by atoms with E-state index in [-0.39, 0.29) is 6.01 Å². The lowest BCUT2D eigenvalue weighted by Crippen LogP contribution is -2.17. The molecule has 0 aliphatic carbocycles. The van der Waals surface area contributed by atoms with E-state index in [1.165, 1.54) is 0 Å². The van der Waals surface area contributed by atoms with Crippen LogP contribution in [0.15, 0.2) is 18.2 Å². The molecule has 2 aromatic rings. The summed E-state index contributed by atoms with van der Waals surface area (Å²) in [6, 6.07) is 5.96. The first-order chi connectivity index (χ1) is 16.2. The Kier molecular flexibility index (Phi) is 12.7. The molecule has 33 heavy (non-hydrogen) atoms. The summed E-state index contributed by atoms with van der Waals surface area (Å²) in [5, 5.41) is 6.36. The fourth-order valence-corrected chi connectivity index (χ4v) is 2.79. The zero-order valence-electron chi connectivity index (χ0n) is 19.8. The quantitative estimate of drug-likeness (QED) is 0.280. The number of unbranched alkanes of at least 4 members (excludes halogenated alkanes) is 1. The monoisotopic (exact) mass is 464 g/mol. The minimum absolute atomic E-state index is 0.261. The Morgan fingerprint density at radius 2 is 1.64 bits per heavy atom. The van der Waals surface area contributed by atoms with Gasteiger partial charge in [-0.3, -0.25) is 0 Å². The zero-order valence-corrected chi connectivity index (χ0v) is 19.8. The lowest BCUT2D eigenvalue weighted by atomic mass is 10.2. The molecule has 0 fully saturated rings. The van der Waals surface area contributed by atoms with E-state index in [9.17, 15) is 0 Å². The Balaban J connectivity index is 1.97. The van der Waals surface area contributed by atoms with Crippen LogP contribution in [0, 0.1) is 0 Å². The molecule has 0 aliphatic rings. The second-order valence-corrected chi connectivity index (χ2v) is 6.91. The first-order valence-electron chi connectivity index (χ1n) is 11.1. The normalized spacial score (nSPS) is 10.7. The number of benzene rings is 1. The second kappa shape index (κ2) is 15.8. The number of anilines is 2. The highest BCUT2D eigenvalue weighted by molar-refractivity contribution is 5.48. The third-order valence-electron chi connectivity index (χ3n) is 4.43. The van der Waals surface area contributed by atoms with Crippen LogP contribution in [0.25, 0.3) is 0 Å². The predicted molar refractivity (Wildman–Crippen MR) is 126 cm³/mol. The Morgan fingerprint density at radius 3 is 2.33 bits per heavy atom. The molecule has 0 amide bonds. The standard InChI is InChI=1S/C22H36N6O5/c1-4-5-11-33-22-27-20(24-10-13-32-15-14-31-12-9-23)26-21(28-22)25-16-17-7-6-8-18(29-2)19(17)30-3/h6-8H,4-5,9-16,23H2,1-3H3,(H2,24,25,26,27,28). The molecule has 0 saturated heterocycles. The van der Waals surface area contributed by atoms with Gasteiger partial charge in [0.15, 0.2) is 11.5 Å². The molecule has 0 radical (unpaired) electrons. The SMILES string of the molecule is CCCCOc1nc(NCCOCCOCCN)nc(NCc2cccc(OC)c2OC)n1. The molecule has 0 bridgehead atoms. The van der Waals surface area contributed by atoms with Crippen LogP contribution in [0.2, 0.25) is 0 Å². The van der Waals surface area contributed by atoms with Gasteiger partial charge < -0.3 is 40.1 Å². The molecule has 0 aliphatic heterocycles. The maximum atomic E-state index is 5.70. The van der Waals surface area contributed by atoms with E-state index in [1.54, 1.807) is 14.2 Å². The topological polar surface area (TPSA) is 135 Å². The summed E-state index contributed by atoms with van der Waals surface area (Å²) in [7, 11) is 3.22. The number of hydrogen-bond acceptors (Lipinski definition) is 11. The van der Waals surface area contributed by atoms with Gasteiger partial charge >= 0.3 is 6.01 Å². The summed E-state index contributed by atoms with van der Waals surface area (Å²) >= 11 is 0. The number of ether oxygens (including phenoxy) is 5. The van der Waals surface area contributed by atoms with Crippen LogP contribution < -0.4 is 30.6 Å². The van der Waals surface area contributed by atoms with Crippen molar-refractivity contribution in [3.8, 4) is 17.5 Å². The fourth-order valence-electron chi connectivity index (χ4n) is 2.79. The molecule has 0 unspecified atom stereocenters. The first kappa shape index (κ1) is 26.4. The van der Waals surface area contributed by atoms with E-state index >= 15 is 0 Å². The van der Waals surface area contributed by atoms with Crippen molar-refractivity contribution in [1.29, 1.82) is 0 Å². The van der Waals surface area contributed by atoms with E-state index in [0.717, 1.165) is 18.4 Å². The van der Waals surface area contributed by atoms with Gasteiger partial charge in [-0.25, -0.2) is 0 Å². The largest absolute Gasteiger partial charge is 0.493 e. The molecule has 0 spiro atoms. The van der Waals surface area contributed by atoms with E-state index in [4.69, 9.17) is 29.4 Å². The number of rotatable bonds is 18. The van der Waals surface area contributed by atoms with Crippen molar-refractivity contribution in [2.75, 3.05) is 71.0 Å². The van der Waals surface area contributed by atoms with Crippen LogP contribution in [0.4, 0.5) is 11.9 Å². The molecule has 184 valence electrons. The van der Waals surface area contributed by atoms with E-state index in [1.807, 2.05) is 18.2 Å². The highest BCUT2D eigenvalue weighted by atomic mass is 16.5. The van der Waals surface area contributed by atoms with E-state index < -0.39 is 0 Å². The van der Waals surface area contributed by atoms with Gasteiger partial charge in [-0.2, -0.15) is 15.0 Å². The van der Waals surface area contributed by atoms with Crippen molar-refractivity contribution in [2.45, 2.75) is 26.3 Å². The van der Waals surface area contributed by atoms with Crippen LogP contribution in [0.1, 0.15) is 25.3 Å². The Morgan fingerprint density at radius 1 is 0.879 bits per heavy atom. The van der Waals surface area contributed by atoms with Crippen molar-refractivity contribution < 1.29 is 23.7 Å². The molecular formula is C22H36N6O5. The van der Waals surface area contributed by atoms with Crippen LogP contribution >= 0.6 is 0 Å². The number of hydrogen-bond donors (Lipinski definition) is 3. The van der Waals surface area contributed by atoms with Crippen LogP contribution in [0.3, 0.4) is 0 Å². The number of aromatic nitrogens is 3. The number of methoxy groups -OCH3 is 2. The Labute approximate surface area is 195 Å². The summed E-state index contributed by atoms with van der Waals surface area (Å²) in [5.74, 6) is 2.11. The number of para-hydroxylation sites is 1. The summed E-state index contributed by atoms with van der Waals surface area (Å²) in [6.45, 7) is 6.12. The van der Waals surface area contributed by atoms with E-state index in [2.05, 4.69) is 32.5 Å². The Bertz CT molecular complexity index is 811. The predicted octanol–water partition coefficient (Wildman–Crippen LogP) is 2.08. The van der Waals surface area contributed by atoms with Gasteiger partial charge in [0.1, 0.15) is 0 Å². The molecule has 4 N–H and O–H groups in total. The maximum Gasteiger partial charge on any atom is 0.323 e. The van der Waals surface area contributed by atoms with Crippen molar-refractivity contribution >= 4 is 11.9 Å². The van der Waals surface area contributed by atoms with Crippen LogP contribution in [0.5, 0.6) is 17.5 Å². The third kappa shape index (κ3) is 9.64. The average molecular weight is 465 g/mol. The summed E-state index contributed by atoms with van der Waals surface area (Å²) in [6.07, 6.45) is 1.93. The van der Waals surface area contributed by atoms with E-state index in [0.29, 0.717) is 76.1 Å². The van der Waals surface area contributed by atoms with Gasteiger partial charge in [0.2, 0.25) is 11.9 Å². The lowest BCUT2D eigenvalue weighted by molar-refractivity contribution is 0.0547. The molecule has 0 atom stereocenters. The zero-order chi connectivity index (χ0) is 23.7. The highest BCUT2D eigenvalue weighted by Gasteiger charge is 2.12. The molecule has 1 aromatic heterocycles. The molecule has 1 aromatic carbocycles. The van der Waals surface area contributed by atoms with Gasteiger partial charge in [-0.1, -0.05) is 25.5 Å². The fraction of sp³-hybridized carbons (Fsp3) is 0.591. The first-order valence-corrected chi connectivity index (χ1v) is 11.1. The maximum absolute atomic E-state index is 5.70. The van der Waals surface area contributed by atoms with Crippen molar-refractivity contribution in [2.24, 2.45) is 5.73 Å². The lowest BCUT2D eigenvalue weighted by Gasteiger charge is -2.14. The highest BCUT2D eigenvalue weighted by Crippen LogP contribution is 2.31. The summed E-state index contributed by atoms with van der Waals surface area (Å²) < 4.78 is 27.4. The molecular weight excluding hydrogens is 428 g/mol. The summed E-state index contributed by atoms with van der Waals surface area (Å²) in [4.78, 5) is 13.2. The van der Waals surface area contributed by atoms with Gasteiger partial charge in [-0.05, 0) is 12.5 Å². The van der Waals surface area contributed by atoms with Crippen molar-refractivity contribution in [1.82, 2.24) is 15.0 Å². The van der Waals surface area contributed by atoms with Gasteiger partial charge in [-0.15, -0.1) is 0 Å². The molecule has 11 heteroatoms. The number of nitrogens with zero attached hydrogens (tertiary/aromatic N) is 3. The number of nitrogens with two attached hydrogens (primary N) is 1. The van der Waals surface area contributed by atoms with Crippen molar-refractivity contribution in [3.63, 3.8) is 0 Å². The van der Waals surface area contributed by atoms with Gasteiger partial charge in [0.25, 0.3) is 0 Å². The molecule has 11 nitrogen and oxygen atoms in total. The van der Waals surface area contributed by atoms with Crippen LogP contribution in [-0.2, 0) is 16.0 Å². The third-order valence-corrected chi connectivity index (χ3v) is 4.43.